The highest BCUT2D eigenvalue weighted by molar-refractivity contribution is 9.10. The lowest BCUT2D eigenvalue weighted by Gasteiger charge is -2.00. The van der Waals surface area contributed by atoms with Gasteiger partial charge in [0.1, 0.15) is 4.90 Å². The summed E-state index contributed by atoms with van der Waals surface area (Å²) in [5.74, 6) is 4.81. The Morgan fingerprint density at radius 1 is 1.50 bits per heavy atom. The molecule has 7 heteroatoms. The van der Waals surface area contributed by atoms with Crippen LogP contribution in [-0.4, -0.2) is 13.4 Å². The number of nitrogens with two attached hydrogens (primary N) is 1. The molecule has 0 aliphatic heterocycles. The maximum absolute atomic E-state index is 11.1. The van der Waals surface area contributed by atoms with Crippen LogP contribution in [0.2, 0.25) is 0 Å². The molecule has 0 fully saturated rings. The minimum atomic E-state index is -3.59. The molecule has 0 bridgehead atoms. The van der Waals surface area contributed by atoms with Crippen molar-refractivity contribution in [2.75, 3.05) is 0 Å². The Bertz CT molecular complexity index is 378. The van der Waals surface area contributed by atoms with E-state index in [0.29, 0.717) is 4.47 Å². The van der Waals surface area contributed by atoms with E-state index in [1.807, 2.05) is 0 Å². The molecule has 0 aliphatic carbocycles. The highest BCUT2D eigenvalue weighted by Crippen LogP contribution is 2.12. The minimum absolute atomic E-state index is 0.0272. The lowest BCUT2D eigenvalue weighted by molar-refractivity contribution is 0.583. The van der Waals surface area contributed by atoms with Gasteiger partial charge in [-0.15, -0.1) is 4.83 Å². The SMILES string of the molecule is NNS(=O)(=O)c1cncc(Br)c1. The van der Waals surface area contributed by atoms with Gasteiger partial charge in [0.05, 0.1) is 0 Å². The molecule has 0 atom stereocenters. The summed E-state index contributed by atoms with van der Waals surface area (Å²) >= 11 is 3.09. The average Bonchev–Trinajstić information content (AvgIpc) is 2.05. The van der Waals surface area contributed by atoms with Gasteiger partial charge in [-0.05, 0) is 22.0 Å². The fourth-order valence-electron chi connectivity index (χ4n) is 0.607. The van der Waals surface area contributed by atoms with Crippen LogP contribution in [-0.2, 0) is 10.0 Å². The van der Waals surface area contributed by atoms with E-state index in [9.17, 15) is 8.42 Å². The Morgan fingerprint density at radius 3 is 2.67 bits per heavy atom. The van der Waals surface area contributed by atoms with Gasteiger partial charge in [0.2, 0.25) is 0 Å². The number of hydrogen-bond donors (Lipinski definition) is 2. The molecule has 0 amide bonds. The van der Waals surface area contributed by atoms with Gasteiger partial charge in [0.15, 0.2) is 0 Å². The van der Waals surface area contributed by atoms with Crippen LogP contribution in [0.5, 0.6) is 0 Å². The summed E-state index contributed by atoms with van der Waals surface area (Å²) in [7, 11) is -3.59. The Hall–Kier alpha value is -0.500. The van der Waals surface area contributed by atoms with Crippen molar-refractivity contribution < 1.29 is 8.42 Å². The topological polar surface area (TPSA) is 85.1 Å². The van der Waals surface area contributed by atoms with E-state index in [-0.39, 0.29) is 4.90 Å². The second kappa shape index (κ2) is 3.48. The molecular weight excluding hydrogens is 246 g/mol. The predicted octanol–water partition coefficient (Wildman–Crippen LogP) is -0.00390. The Morgan fingerprint density at radius 2 is 2.17 bits per heavy atom. The molecule has 5 nitrogen and oxygen atoms in total. The van der Waals surface area contributed by atoms with Crippen LogP contribution >= 0.6 is 15.9 Å². The number of halogens is 1. The number of nitrogens with one attached hydrogen (secondary N) is 1. The van der Waals surface area contributed by atoms with E-state index in [4.69, 9.17) is 5.84 Å². The van der Waals surface area contributed by atoms with Gasteiger partial charge in [0, 0.05) is 16.9 Å². The maximum Gasteiger partial charge on any atom is 0.254 e. The summed E-state index contributed by atoms with van der Waals surface area (Å²) in [6.45, 7) is 0. The second-order valence-corrected chi connectivity index (χ2v) is 4.59. The first kappa shape index (κ1) is 9.59. The summed E-state index contributed by atoms with van der Waals surface area (Å²) < 4.78 is 22.7. The van der Waals surface area contributed by atoms with E-state index >= 15 is 0 Å². The van der Waals surface area contributed by atoms with E-state index in [1.165, 1.54) is 18.5 Å². The van der Waals surface area contributed by atoms with Crippen LogP contribution in [0.4, 0.5) is 0 Å². The summed E-state index contributed by atoms with van der Waals surface area (Å²) in [6, 6.07) is 1.40. The monoisotopic (exact) mass is 251 g/mol. The lowest BCUT2D eigenvalue weighted by atomic mass is 10.5. The maximum atomic E-state index is 11.1. The fourth-order valence-corrected chi connectivity index (χ4v) is 1.74. The average molecular weight is 252 g/mol. The van der Waals surface area contributed by atoms with Crippen LogP contribution in [0.25, 0.3) is 0 Å². The first-order valence-corrected chi connectivity index (χ1v) is 5.17. The molecule has 66 valence electrons. The molecule has 0 spiro atoms. The standard InChI is InChI=1S/C5H6BrN3O2S/c6-4-1-5(3-8-2-4)12(10,11)9-7/h1-3,9H,7H2. The van der Waals surface area contributed by atoms with Crippen molar-refractivity contribution in [3.8, 4) is 0 Å². The van der Waals surface area contributed by atoms with Crippen LogP contribution in [0, 0.1) is 0 Å². The summed E-state index contributed by atoms with van der Waals surface area (Å²) in [6.07, 6.45) is 2.69. The lowest BCUT2D eigenvalue weighted by Crippen LogP contribution is -2.30. The molecule has 0 radical (unpaired) electrons. The highest BCUT2D eigenvalue weighted by Gasteiger charge is 2.11. The number of pyridine rings is 1. The molecule has 0 aromatic carbocycles. The number of aromatic nitrogens is 1. The normalized spacial score (nSPS) is 11.5. The van der Waals surface area contributed by atoms with E-state index in [1.54, 1.807) is 4.83 Å². The first-order valence-electron chi connectivity index (χ1n) is 2.89. The third kappa shape index (κ3) is 2.01. The summed E-state index contributed by atoms with van der Waals surface area (Å²) in [5.41, 5.74) is 0. The van der Waals surface area contributed by atoms with Crippen LogP contribution in [0.1, 0.15) is 0 Å². The summed E-state index contributed by atoms with van der Waals surface area (Å²) in [4.78, 5) is 5.40. The van der Waals surface area contributed by atoms with Gasteiger partial charge < -0.3 is 0 Å². The van der Waals surface area contributed by atoms with Gasteiger partial charge in [-0.1, -0.05) is 0 Å². The van der Waals surface area contributed by atoms with Gasteiger partial charge in [-0.3, -0.25) is 10.8 Å². The van der Waals surface area contributed by atoms with Crippen molar-refractivity contribution in [3.05, 3.63) is 22.9 Å². The molecular formula is C5H6BrN3O2S. The third-order valence-electron chi connectivity index (χ3n) is 1.15. The van der Waals surface area contributed by atoms with E-state index in [0.717, 1.165) is 0 Å². The van der Waals surface area contributed by atoms with Crippen molar-refractivity contribution in [2.45, 2.75) is 4.90 Å². The highest BCUT2D eigenvalue weighted by atomic mass is 79.9. The number of rotatable bonds is 2. The van der Waals surface area contributed by atoms with Crippen molar-refractivity contribution in [1.29, 1.82) is 0 Å². The molecule has 1 rings (SSSR count). The molecule has 3 N–H and O–H groups in total. The van der Waals surface area contributed by atoms with Gasteiger partial charge in [-0.2, -0.15) is 0 Å². The predicted molar refractivity (Wildman–Crippen MR) is 46.4 cm³/mol. The van der Waals surface area contributed by atoms with Gasteiger partial charge in [-0.25, -0.2) is 8.42 Å². The molecule has 0 saturated carbocycles. The minimum Gasteiger partial charge on any atom is -0.262 e. The van der Waals surface area contributed by atoms with Gasteiger partial charge >= 0.3 is 0 Å². The molecule has 0 aliphatic rings. The Kier molecular flexibility index (Phi) is 2.78. The molecule has 12 heavy (non-hydrogen) atoms. The smallest absolute Gasteiger partial charge is 0.254 e. The van der Waals surface area contributed by atoms with Crippen LogP contribution < -0.4 is 10.7 Å². The largest absolute Gasteiger partial charge is 0.262 e. The number of sulfonamides is 1. The van der Waals surface area contributed by atoms with Crippen LogP contribution in [0.15, 0.2) is 27.8 Å². The zero-order chi connectivity index (χ0) is 9.19. The van der Waals surface area contributed by atoms with Gasteiger partial charge in [0.25, 0.3) is 10.0 Å². The van der Waals surface area contributed by atoms with E-state index in [2.05, 4.69) is 20.9 Å². The fraction of sp³-hybridized carbons (Fsp3) is 0. The zero-order valence-electron chi connectivity index (χ0n) is 5.86. The quantitative estimate of drug-likeness (QED) is 0.573. The van der Waals surface area contributed by atoms with Crippen molar-refractivity contribution in [2.24, 2.45) is 5.84 Å². The van der Waals surface area contributed by atoms with Crippen molar-refractivity contribution >= 4 is 26.0 Å². The van der Waals surface area contributed by atoms with E-state index < -0.39 is 10.0 Å². The Balaban J connectivity index is 3.21. The summed E-state index contributed by atoms with van der Waals surface area (Å²) in [5, 5.41) is 0. The molecule has 0 unspecified atom stereocenters. The number of hydrazine groups is 1. The Labute approximate surface area is 78.1 Å². The molecule has 0 saturated heterocycles. The first-order chi connectivity index (χ1) is 5.56. The van der Waals surface area contributed by atoms with Crippen LogP contribution in [0.3, 0.4) is 0 Å². The number of hydrogen-bond acceptors (Lipinski definition) is 4. The molecule has 1 aromatic rings. The second-order valence-electron chi connectivity index (χ2n) is 1.96. The molecule has 1 heterocycles. The zero-order valence-corrected chi connectivity index (χ0v) is 8.26. The third-order valence-corrected chi connectivity index (χ3v) is 2.73. The van der Waals surface area contributed by atoms with Crippen molar-refractivity contribution in [3.63, 3.8) is 0 Å². The molecule has 1 aromatic heterocycles. The number of nitrogens with zero attached hydrogens (tertiary/aromatic N) is 1. The van der Waals surface area contributed by atoms with Crippen molar-refractivity contribution in [1.82, 2.24) is 9.82 Å².